The second-order valence-corrected chi connectivity index (χ2v) is 2.73. The van der Waals surface area contributed by atoms with Gasteiger partial charge in [0.05, 0.1) is 13.7 Å². The van der Waals surface area contributed by atoms with E-state index in [0.717, 1.165) is 0 Å². The Morgan fingerprint density at radius 2 is 2.07 bits per heavy atom. The van der Waals surface area contributed by atoms with Crippen molar-refractivity contribution in [3.63, 3.8) is 0 Å². The number of aliphatic imine (C=N–C) groups is 2. The van der Waals surface area contributed by atoms with Gasteiger partial charge in [-0.1, -0.05) is 0 Å². The molecule has 6 nitrogen and oxygen atoms in total. The Bertz CT molecular complexity index is 290. The average Bonchev–Trinajstić information content (AvgIpc) is 2.26. The zero-order valence-electron chi connectivity index (χ0n) is 8.43. The molecule has 0 spiro atoms. The third kappa shape index (κ3) is 6.32. The van der Waals surface area contributed by atoms with E-state index in [1.165, 1.54) is 19.3 Å². The first-order chi connectivity index (χ1) is 7.26. The van der Waals surface area contributed by atoms with Crippen molar-refractivity contribution >= 4 is 18.1 Å². The summed E-state index contributed by atoms with van der Waals surface area (Å²) >= 11 is 0. The van der Waals surface area contributed by atoms with Crippen molar-refractivity contribution < 1.29 is 19.1 Å². The molecular formula is C9H12N2O4. The third-order valence-electron chi connectivity index (χ3n) is 1.74. The number of rotatable bonds is 7. The number of carbonyl (C=O) groups is 1. The standard InChI is InChI=1S/C9H12N2O4/c1-15-9(14)8(11-7-13)4-2-3-5-10-6-12/h8H,2-5H2,1H3/t8-/m1/s1. The Labute approximate surface area is 87.0 Å². The van der Waals surface area contributed by atoms with Crippen LogP contribution in [0.4, 0.5) is 0 Å². The van der Waals surface area contributed by atoms with E-state index in [2.05, 4.69) is 14.7 Å². The van der Waals surface area contributed by atoms with Gasteiger partial charge in [0, 0.05) is 0 Å². The molecule has 0 aliphatic heterocycles. The number of isocyanates is 2. The molecule has 0 aromatic heterocycles. The molecule has 0 aromatic rings. The van der Waals surface area contributed by atoms with Gasteiger partial charge in [-0.2, -0.15) is 4.99 Å². The summed E-state index contributed by atoms with van der Waals surface area (Å²) in [5.41, 5.74) is 0. The number of nitrogens with zero attached hydrogens (tertiary/aromatic N) is 2. The maximum Gasteiger partial charge on any atom is 0.331 e. The molecule has 0 radical (unpaired) electrons. The Morgan fingerprint density at radius 3 is 2.60 bits per heavy atom. The Hall–Kier alpha value is -1.77. The van der Waals surface area contributed by atoms with Crippen LogP contribution in [0.2, 0.25) is 0 Å². The van der Waals surface area contributed by atoms with Crippen LogP contribution in [0, 0.1) is 0 Å². The molecule has 0 rings (SSSR count). The van der Waals surface area contributed by atoms with Gasteiger partial charge in [-0.25, -0.2) is 19.4 Å². The predicted molar refractivity (Wildman–Crippen MR) is 50.8 cm³/mol. The van der Waals surface area contributed by atoms with Crippen molar-refractivity contribution in [2.75, 3.05) is 13.7 Å². The zero-order valence-corrected chi connectivity index (χ0v) is 8.43. The molecule has 0 fully saturated rings. The van der Waals surface area contributed by atoms with Gasteiger partial charge in [0.1, 0.15) is 0 Å². The summed E-state index contributed by atoms with van der Waals surface area (Å²) in [5.74, 6) is -0.558. The van der Waals surface area contributed by atoms with Crippen molar-refractivity contribution in [3.8, 4) is 0 Å². The van der Waals surface area contributed by atoms with Crippen molar-refractivity contribution in [2.24, 2.45) is 9.98 Å². The second kappa shape index (κ2) is 8.81. The highest BCUT2D eigenvalue weighted by molar-refractivity contribution is 5.76. The summed E-state index contributed by atoms with van der Waals surface area (Å²) in [6, 6.07) is -0.798. The number of ether oxygens (including phenoxy) is 1. The molecular weight excluding hydrogens is 200 g/mol. The molecule has 82 valence electrons. The number of unbranched alkanes of at least 4 members (excludes halogenated alkanes) is 1. The minimum Gasteiger partial charge on any atom is -0.467 e. The van der Waals surface area contributed by atoms with E-state index in [1.54, 1.807) is 0 Å². The molecule has 0 bridgehead atoms. The van der Waals surface area contributed by atoms with Gasteiger partial charge < -0.3 is 4.74 Å². The zero-order chi connectivity index (χ0) is 11.5. The first kappa shape index (κ1) is 13.2. The SMILES string of the molecule is COC(=O)[C@@H](CCCCN=C=O)N=C=O. The maximum absolute atomic E-state index is 11.0. The van der Waals surface area contributed by atoms with Crippen LogP contribution in [0.15, 0.2) is 9.98 Å². The highest BCUT2D eigenvalue weighted by Crippen LogP contribution is 2.06. The molecule has 0 unspecified atom stereocenters. The topological polar surface area (TPSA) is 85.2 Å². The van der Waals surface area contributed by atoms with E-state index >= 15 is 0 Å². The van der Waals surface area contributed by atoms with E-state index in [1.807, 2.05) is 0 Å². The normalized spacial score (nSPS) is 10.7. The van der Waals surface area contributed by atoms with Crippen LogP contribution < -0.4 is 0 Å². The second-order valence-electron chi connectivity index (χ2n) is 2.73. The lowest BCUT2D eigenvalue weighted by Crippen LogP contribution is -2.20. The van der Waals surface area contributed by atoms with Gasteiger partial charge in [0.15, 0.2) is 6.04 Å². The molecule has 15 heavy (non-hydrogen) atoms. The van der Waals surface area contributed by atoms with Crippen molar-refractivity contribution in [2.45, 2.75) is 25.3 Å². The summed E-state index contributed by atoms with van der Waals surface area (Å²) < 4.78 is 4.45. The maximum atomic E-state index is 11.0. The lowest BCUT2D eigenvalue weighted by molar-refractivity contribution is -0.142. The fourth-order valence-corrected chi connectivity index (χ4v) is 1.01. The van der Waals surface area contributed by atoms with E-state index in [9.17, 15) is 14.4 Å². The Balaban J connectivity index is 3.91. The fraction of sp³-hybridized carbons (Fsp3) is 0.667. The molecule has 1 atom stereocenters. The van der Waals surface area contributed by atoms with Crippen molar-refractivity contribution in [1.29, 1.82) is 0 Å². The number of esters is 1. The van der Waals surface area contributed by atoms with E-state index in [4.69, 9.17) is 0 Å². The highest BCUT2D eigenvalue weighted by atomic mass is 16.5. The molecule has 0 aromatic carbocycles. The minimum atomic E-state index is -0.798. The molecule has 0 saturated carbocycles. The number of carbonyl (C=O) groups excluding carboxylic acids is 3. The van der Waals surface area contributed by atoms with E-state index in [-0.39, 0.29) is 0 Å². The van der Waals surface area contributed by atoms with Crippen molar-refractivity contribution in [1.82, 2.24) is 0 Å². The summed E-state index contributed by atoms with van der Waals surface area (Å²) in [5, 5.41) is 0. The predicted octanol–water partition coefficient (Wildman–Crippen LogP) is 0.370. The number of hydrogen-bond donors (Lipinski definition) is 0. The first-order valence-corrected chi connectivity index (χ1v) is 4.44. The van der Waals surface area contributed by atoms with Gasteiger partial charge in [0.2, 0.25) is 12.2 Å². The summed E-state index contributed by atoms with van der Waals surface area (Å²) in [4.78, 5) is 37.4. The van der Waals surface area contributed by atoms with Gasteiger partial charge in [-0.05, 0) is 19.3 Å². The molecule has 0 heterocycles. The molecule has 0 amide bonds. The third-order valence-corrected chi connectivity index (χ3v) is 1.74. The van der Waals surface area contributed by atoms with Crippen LogP contribution in [0.1, 0.15) is 19.3 Å². The smallest absolute Gasteiger partial charge is 0.331 e. The molecule has 0 N–H and O–H groups in total. The molecule has 0 aliphatic rings. The fourth-order valence-electron chi connectivity index (χ4n) is 1.01. The number of hydrogen-bond acceptors (Lipinski definition) is 6. The largest absolute Gasteiger partial charge is 0.467 e. The quantitative estimate of drug-likeness (QED) is 0.264. The van der Waals surface area contributed by atoms with Crippen molar-refractivity contribution in [3.05, 3.63) is 0 Å². The first-order valence-electron chi connectivity index (χ1n) is 4.44. The van der Waals surface area contributed by atoms with E-state index in [0.29, 0.717) is 25.8 Å². The minimum absolute atomic E-state index is 0.363. The van der Waals surface area contributed by atoms with Gasteiger partial charge in [0.25, 0.3) is 0 Å². The monoisotopic (exact) mass is 212 g/mol. The van der Waals surface area contributed by atoms with Gasteiger partial charge in [-0.15, -0.1) is 0 Å². The molecule has 0 saturated heterocycles. The lowest BCUT2D eigenvalue weighted by Gasteiger charge is -2.06. The summed E-state index contributed by atoms with van der Waals surface area (Å²) in [6.45, 7) is 0.363. The average molecular weight is 212 g/mol. The van der Waals surface area contributed by atoms with Crippen LogP contribution in [0.25, 0.3) is 0 Å². The number of methoxy groups -OCH3 is 1. The van der Waals surface area contributed by atoms with Crippen LogP contribution >= 0.6 is 0 Å². The molecule has 0 aliphatic carbocycles. The Kier molecular flexibility index (Phi) is 7.77. The lowest BCUT2D eigenvalue weighted by atomic mass is 10.1. The van der Waals surface area contributed by atoms with E-state index < -0.39 is 12.0 Å². The molecule has 6 heteroatoms. The van der Waals surface area contributed by atoms with Crippen LogP contribution in [0.3, 0.4) is 0 Å². The van der Waals surface area contributed by atoms with Gasteiger partial charge >= 0.3 is 5.97 Å². The van der Waals surface area contributed by atoms with Crippen LogP contribution in [-0.4, -0.2) is 37.8 Å². The van der Waals surface area contributed by atoms with Crippen LogP contribution in [-0.2, 0) is 19.1 Å². The van der Waals surface area contributed by atoms with Crippen LogP contribution in [0.5, 0.6) is 0 Å². The highest BCUT2D eigenvalue weighted by Gasteiger charge is 2.16. The Morgan fingerprint density at radius 1 is 1.33 bits per heavy atom. The van der Waals surface area contributed by atoms with Gasteiger partial charge in [-0.3, -0.25) is 0 Å². The summed E-state index contributed by atoms with van der Waals surface area (Å²) in [6.07, 6.45) is 4.38. The summed E-state index contributed by atoms with van der Waals surface area (Å²) in [7, 11) is 1.23.